The van der Waals surface area contributed by atoms with E-state index in [1.807, 2.05) is 0 Å². The number of aromatic hydroxyl groups is 1. The van der Waals surface area contributed by atoms with E-state index in [0.717, 1.165) is 4.90 Å². The number of amides is 2. The van der Waals surface area contributed by atoms with Crippen LogP contribution in [-0.2, 0) is 6.54 Å². The van der Waals surface area contributed by atoms with Crippen molar-refractivity contribution < 1.29 is 36.2 Å². The fourth-order valence-electron chi connectivity index (χ4n) is 1.97. The molecular formula is C14H16BrF6N3O2. The highest BCUT2D eigenvalue weighted by atomic mass is 79.9. The molecule has 0 bridgehead atoms. The zero-order valence-corrected chi connectivity index (χ0v) is 15.0. The lowest BCUT2D eigenvalue weighted by Gasteiger charge is -2.27. The molecule has 12 heteroatoms. The molecule has 0 aliphatic rings. The number of hydrogen-bond acceptors (Lipinski definition) is 3. The van der Waals surface area contributed by atoms with Crippen LogP contribution in [0.2, 0.25) is 0 Å². The molecule has 0 saturated heterocycles. The second-order valence-corrected chi connectivity index (χ2v) is 6.22. The van der Waals surface area contributed by atoms with Gasteiger partial charge in [-0.05, 0) is 40.9 Å². The van der Waals surface area contributed by atoms with Gasteiger partial charge in [-0.2, -0.15) is 26.3 Å². The number of alkyl halides is 6. The number of aromatic nitrogens is 1. The Morgan fingerprint density at radius 2 is 1.96 bits per heavy atom. The van der Waals surface area contributed by atoms with Crippen LogP contribution in [0.3, 0.4) is 0 Å². The number of nitrogens with one attached hydrogen (secondary N) is 1. The lowest BCUT2D eigenvalue weighted by molar-refractivity contribution is -0.171. The molecule has 148 valence electrons. The highest BCUT2D eigenvalue weighted by Crippen LogP contribution is 2.29. The molecule has 1 unspecified atom stereocenters. The second kappa shape index (κ2) is 8.78. The monoisotopic (exact) mass is 451 g/mol. The zero-order chi connectivity index (χ0) is 20.1. The van der Waals surface area contributed by atoms with E-state index in [-0.39, 0.29) is 23.4 Å². The fraction of sp³-hybridized carbons (Fsp3) is 0.571. The van der Waals surface area contributed by atoms with Gasteiger partial charge in [0.1, 0.15) is 6.04 Å². The van der Waals surface area contributed by atoms with Crippen LogP contribution in [0.4, 0.5) is 31.1 Å². The fourth-order valence-corrected chi connectivity index (χ4v) is 2.37. The maximum Gasteiger partial charge on any atom is 0.408 e. The summed E-state index contributed by atoms with van der Waals surface area (Å²) in [6.07, 6.45) is -11.5. The first-order valence-corrected chi connectivity index (χ1v) is 8.15. The van der Waals surface area contributed by atoms with E-state index < -0.39 is 37.3 Å². The summed E-state index contributed by atoms with van der Waals surface area (Å²) in [4.78, 5) is 16.7. The molecule has 26 heavy (non-hydrogen) atoms. The summed E-state index contributed by atoms with van der Waals surface area (Å²) in [5.74, 6) is -0.300. The van der Waals surface area contributed by atoms with Crippen LogP contribution < -0.4 is 5.32 Å². The van der Waals surface area contributed by atoms with Gasteiger partial charge in [0.25, 0.3) is 0 Å². The quantitative estimate of drug-likeness (QED) is 0.631. The second-order valence-electron chi connectivity index (χ2n) is 5.36. The molecule has 5 nitrogen and oxygen atoms in total. The Morgan fingerprint density at radius 3 is 2.42 bits per heavy atom. The Balaban J connectivity index is 2.82. The van der Waals surface area contributed by atoms with Crippen molar-refractivity contribution in [2.24, 2.45) is 0 Å². The Morgan fingerprint density at radius 1 is 1.35 bits per heavy atom. The minimum absolute atomic E-state index is 0.00811. The SMILES string of the molecule is CCN(Cc1cnc(O)c(Br)c1)C(=O)NC(CCC(F)(F)F)C(F)(F)F. The molecule has 0 saturated carbocycles. The molecule has 0 radical (unpaired) electrons. The van der Waals surface area contributed by atoms with Gasteiger partial charge < -0.3 is 15.3 Å². The maximum absolute atomic E-state index is 12.9. The predicted molar refractivity (Wildman–Crippen MR) is 83.3 cm³/mol. The Bertz CT molecular complexity index is 624. The number of halogens is 7. The van der Waals surface area contributed by atoms with E-state index in [1.165, 1.54) is 19.2 Å². The third kappa shape index (κ3) is 7.26. The molecule has 0 aromatic carbocycles. The van der Waals surface area contributed by atoms with Crippen LogP contribution in [0.25, 0.3) is 0 Å². The number of pyridine rings is 1. The van der Waals surface area contributed by atoms with Crippen LogP contribution in [0.5, 0.6) is 5.88 Å². The van der Waals surface area contributed by atoms with Crippen molar-refractivity contribution in [3.05, 3.63) is 22.3 Å². The van der Waals surface area contributed by atoms with Gasteiger partial charge in [0, 0.05) is 25.7 Å². The average molecular weight is 452 g/mol. The van der Waals surface area contributed by atoms with Gasteiger partial charge in [0.15, 0.2) is 0 Å². The van der Waals surface area contributed by atoms with Gasteiger partial charge in [-0.25, -0.2) is 9.78 Å². The number of carbonyl (C=O) groups is 1. The summed E-state index contributed by atoms with van der Waals surface area (Å²) in [5.41, 5.74) is 0.408. The molecule has 1 heterocycles. The number of hydrogen-bond donors (Lipinski definition) is 2. The molecule has 0 fully saturated rings. The number of nitrogens with zero attached hydrogens (tertiary/aromatic N) is 2. The van der Waals surface area contributed by atoms with Crippen LogP contribution in [0.1, 0.15) is 25.3 Å². The topological polar surface area (TPSA) is 65.5 Å². The lowest BCUT2D eigenvalue weighted by atomic mass is 10.1. The maximum atomic E-state index is 12.9. The third-order valence-corrected chi connectivity index (χ3v) is 3.91. The van der Waals surface area contributed by atoms with Crippen LogP contribution in [-0.4, -0.2) is 46.0 Å². The number of urea groups is 1. The molecule has 2 amide bonds. The standard InChI is InChI=1S/C14H16BrF6N3O2/c1-2-24(7-8-5-9(15)11(25)22-6-8)12(26)23-10(14(19,20)21)3-4-13(16,17)18/h5-6,10H,2-4,7H2,1H3,(H,22,25)(H,23,26). The van der Waals surface area contributed by atoms with Gasteiger partial charge in [-0.3, -0.25) is 0 Å². The van der Waals surface area contributed by atoms with Crippen molar-refractivity contribution >= 4 is 22.0 Å². The van der Waals surface area contributed by atoms with Crippen LogP contribution >= 0.6 is 15.9 Å². The molecule has 0 spiro atoms. The Kier molecular flexibility index (Phi) is 7.54. The molecule has 0 aliphatic heterocycles. The summed E-state index contributed by atoms with van der Waals surface area (Å²) >= 11 is 3.01. The molecule has 1 atom stereocenters. The van der Waals surface area contributed by atoms with Crippen molar-refractivity contribution in [3.63, 3.8) is 0 Å². The van der Waals surface area contributed by atoms with Crippen LogP contribution in [0, 0.1) is 0 Å². The summed E-state index contributed by atoms with van der Waals surface area (Å²) in [6.45, 7) is 1.37. The van der Waals surface area contributed by atoms with Gasteiger partial charge in [-0.15, -0.1) is 0 Å². The minimum atomic E-state index is -5.01. The first-order valence-electron chi connectivity index (χ1n) is 7.35. The molecule has 2 N–H and O–H groups in total. The van der Waals surface area contributed by atoms with E-state index >= 15 is 0 Å². The third-order valence-electron chi connectivity index (χ3n) is 3.33. The van der Waals surface area contributed by atoms with Crippen molar-refractivity contribution in [1.29, 1.82) is 0 Å². The number of rotatable bonds is 6. The molecule has 1 aromatic rings. The largest absolute Gasteiger partial charge is 0.492 e. The van der Waals surface area contributed by atoms with Gasteiger partial charge in [0.2, 0.25) is 5.88 Å². The predicted octanol–water partition coefficient (Wildman–Crippen LogP) is 4.35. The first-order chi connectivity index (χ1) is 11.8. The first kappa shape index (κ1) is 22.3. The van der Waals surface area contributed by atoms with Crippen molar-refractivity contribution in [2.75, 3.05) is 6.54 Å². The normalized spacial score (nSPS) is 13.4. The minimum Gasteiger partial charge on any atom is -0.492 e. The van der Waals surface area contributed by atoms with E-state index in [2.05, 4.69) is 20.9 Å². The Hall–Kier alpha value is -1.72. The number of carbonyl (C=O) groups excluding carboxylic acids is 1. The Labute approximate surface area is 153 Å². The lowest BCUT2D eigenvalue weighted by Crippen LogP contribution is -2.50. The molecular weight excluding hydrogens is 436 g/mol. The van der Waals surface area contributed by atoms with E-state index in [4.69, 9.17) is 0 Å². The molecule has 1 rings (SSSR count). The van der Waals surface area contributed by atoms with Gasteiger partial charge in [0.05, 0.1) is 4.47 Å². The van der Waals surface area contributed by atoms with Crippen molar-refractivity contribution in [3.8, 4) is 5.88 Å². The van der Waals surface area contributed by atoms with Crippen molar-refractivity contribution in [1.82, 2.24) is 15.2 Å². The highest BCUT2D eigenvalue weighted by Gasteiger charge is 2.43. The summed E-state index contributed by atoms with van der Waals surface area (Å²) in [5, 5.41) is 10.9. The average Bonchev–Trinajstić information content (AvgIpc) is 2.50. The van der Waals surface area contributed by atoms with E-state index in [0.29, 0.717) is 5.56 Å². The van der Waals surface area contributed by atoms with Crippen LogP contribution in [0.15, 0.2) is 16.7 Å². The smallest absolute Gasteiger partial charge is 0.408 e. The summed E-state index contributed by atoms with van der Waals surface area (Å²) in [6, 6.07) is -2.35. The van der Waals surface area contributed by atoms with E-state index in [1.54, 1.807) is 5.32 Å². The summed E-state index contributed by atoms with van der Waals surface area (Å²) in [7, 11) is 0. The van der Waals surface area contributed by atoms with E-state index in [9.17, 15) is 36.2 Å². The highest BCUT2D eigenvalue weighted by molar-refractivity contribution is 9.10. The van der Waals surface area contributed by atoms with Crippen molar-refractivity contribution in [2.45, 2.75) is 44.7 Å². The van der Waals surface area contributed by atoms with Gasteiger partial charge >= 0.3 is 18.4 Å². The van der Waals surface area contributed by atoms with Gasteiger partial charge in [-0.1, -0.05) is 0 Å². The molecule has 1 aromatic heterocycles. The zero-order valence-electron chi connectivity index (χ0n) is 13.5. The summed E-state index contributed by atoms with van der Waals surface area (Å²) < 4.78 is 75.5. The molecule has 0 aliphatic carbocycles.